The topological polar surface area (TPSA) is 103 Å². The van der Waals surface area contributed by atoms with Crippen LogP contribution in [0.3, 0.4) is 0 Å². The molecule has 2 saturated heterocycles. The van der Waals surface area contributed by atoms with Crippen LogP contribution in [0.5, 0.6) is 5.75 Å². The van der Waals surface area contributed by atoms with Crippen LogP contribution in [-0.4, -0.2) is 108 Å². The zero-order valence-electron chi connectivity index (χ0n) is 27.6. The largest absolute Gasteiger partial charge is 0.493 e. The van der Waals surface area contributed by atoms with E-state index in [0.29, 0.717) is 85.4 Å². The van der Waals surface area contributed by atoms with Gasteiger partial charge in [-0.25, -0.2) is 13.2 Å². The lowest BCUT2D eigenvalue weighted by atomic mass is 9.93. The van der Waals surface area contributed by atoms with E-state index < -0.39 is 32.9 Å². The second kappa shape index (κ2) is 15.5. The van der Waals surface area contributed by atoms with Gasteiger partial charge in [-0.1, -0.05) is 47.5 Å². The number of nitrogens with zero attached hydrogens (tertiary/aromatic N) is 5. The molecule has 3 aromatic carbocycles. The SMILES string of the molecule is CCOc1ccc(S(=O)(=O)N2CCCC2)cc1C1=NC(c2ccc(Cl)cc2)C(c2ccc(Cl)cc2)N1C(=O)N1CCN(CCS(C)=O)CC1. The quantitative estimate of drug-likeness (QED) is 0.259. The minimum atomic E-state index is -3.79. The molecule has 0 N–H and O–H groups in total. The van der Waals surface area contributed by atoms with Crippen LogP contribution in [-0.2, 0) is 20.8 Å². The molecule has 0 saturated carbocycles. The summed E-state index contributed by atoms with van der Waals surface area (Å²) in [6, 6.07) is 18.2. The average molecular weight is 747 g/mol. The first-order chi connectivity index (χ1) is 23.6. The molecule has 3 aromatic rings. The summed E-state index contributed by atoms with van der Waals surface area (Å²) >= 11 is 12.6. The number of aliphatic imine (C=N–C) groups is 1. The minimum Gasteiger partial charge on any atom is -0.493 e. The number of carbonyl (C=O) groups excluding carboxylic acids is 1. The second-order valence-electron chi connectivity index (χ2n) is 12.4. The van der Waals surface area contributed by atoms with E-state index in [-0.39, 0.29) is 10.9 Å². The maximum Gasteiger partial charge on any atom is 0.326 e. The monoisotopic (exact) mass is 745 g/mol. The maximum atomic E-state index is 14.9. The van der Waals surface area contributed by atoms with E-state index in [0.717, 1.165) is 24.0 Å². The van der Waals surface area contributed by atoms with Crippen molar-refractivity contribution >= 4 is 55.9 Å². The number of carbonyl (C=O) groups is 1. The number of piperazine rings is 1. The molecule has 0 aliphatic carbocycles. The Morgan fingerprint density at radius 3 is 2.10 bits per heavy atom. The highest BCUT2D eigenvalue weighted by Gasteiger charge is 2.45. The summed E-state index contributed by atoms with van der Waals surface area (Å²) < 4.78 is 46.9. The molecule has 0 spiro atoms. The number of amidine groups is 1. The lowest BCUT2D eigenvalue weighted by molar-refractivity contribution is 0.122. The van der Waals surface area contributed by atoms with Crippen LogP contribution in [0.4, 0.5) is 4.79 Å². The number of benzene rings is 3. The summed E-state index contributed by atoms with van der Waals surface area (Å²) in [6.45, 7) is 6.05. The molecular formula is C35H41Cl2N5O5S2. The highest BCUT2D eigenvalue weighted by atomic mass is 35.5. The third-order valence-corrected chi connectivity index (χ3v) is 12.4. The van der Waals surface area contributed by atoms with Crippen LogP contribution < -0.4 is 4.74 Å². The van der Waals surface area contributed by atoms with Crippen molar-refractivity contribution in [3.05, 3.63) is 93.5 Å². The summed E-state index contributed by atoms with van der Waals surface area (Å²) in [5.74, 6) is 1.34. The lowest BCUT2D eigenvalue weighted by Crippen LogP contribution is -2.54. The van der Waals surface area contributed by atoms with Crippen LogP contribution in [0, 0.1) is 0 Å². The Kier molecular flexibility index (Phi) is 11.3. The molecule has 3 atom stereocenters. The molecule has 3 unspecified atom stereocenters. The first-order valence-electron chi connectivity index (χ1n) is 16.5. The van der Waals surface area contributed by atoms with Crippen molar-refractivity contribution in [3.8, 4) is 5.75 Å². The summed E-state index contributed by atoms with van der Waals surface area (Å²) in [4.78, 5) is 26.0. The summed E-state index contributed by atoms with van der Waals surface area (Å²) in [5.41, 5.74) is 2.09. The van der Waals surface area contributed by atoms with Gasteiger partial charge >= 0.3 is 6.03 Å². The van der Waals surface area contributed by atoms with E-state index in [4.69, 9.17) is 32.9 Å². The fraction of sp³-hybridized carbons (Fsp3) is 0.429. The number of ether oxygens (including phenoxy) is 1. The van der Waals surface area contributed by atoms with Gasteiger partial charge < -0.3 is 9.64 Å². The normalized spacial score (nSPS) is 21.2. The number of rotatable bonds is 10. The van der Waals surface area contributed by atoms with Gasteiger partial charge in [-0.05, 0) is 73.4 Å². The van der Waals surface area contributed by atoms with Crippen LogP contribution in [0.2, 0.25) is 10.0 Å². The highest BCUT2D eigenvalue weighted by Crippen LogP contribution is 2.46. The number of urea groups is 1. The Morgan fingerprint density at radius 2 is 1.51 bits per heavy atom. The van der Waals surface area contributed by atoms with Crippen molar-refractivity contribution in [2.45, 2.75) is 36.7 Å². The lowest BCUT2D eigenvalue weighted by Gasteiger charge is -2.39. The molecule has 3 aliphatic heterocycles. The predicted octanol–water partition coefficient (Wildman–Crippen LogP) is 5.84. The van der Waals surface area contributed by atoms with Gasteiger partial charge in [0.05, 0.1) is 23.1 Å². The van der Waals surface area contributed by atoms with Crippen molar-refractivity contribution < 1.29 is 22.2 Å². The number of hydrogen-bond donors (Lipinski definition) is 0. The standard InChI is InChI=1S/C35H41Cl2N5O5S2/c1-3-47-31-15-14-29(49(45,46)41-16-4-5-17-41)24-30(31)34-38-32(25-6-10-27(36)11-7-25)33(26-8-12-28(37)13-9-26)42(34)35(43)40-20-18-39(19-21-40)22-23-48(2)44/h6-15,24,32-33H,3-5,16-23H2,1-2H3. The minimum absolute atomic E-state index is 0.128. The number of hydrogen-bond acceptors (Lipinski definition) is 7. The zero-order chi connectivity index (χ0) is 34.7. The van der Waals surface area contributed by atoms with Gasteiger partial charge in [0.25, 0.3) is 0 Å². The van der Waals surface area contributed by atoms with Crippen LogP contribution in [0.15, 0.2) is 76.6 Å². The Hall–Kier alpha value is -3.00. The van der Waals surface area contributed by atoms with Crippen molar-refractivity contribution in [3.63, 3.8) is 0 Å². The van der Waals surface area contributed by atoms with Crippen molar-refractivity contribution in [1.82, 2.24) is 19.0 Å². The van der Waals surface area contributed by atoms with E-state index in [9.17, 15) is 17.4 Å². The summed E-state index contributed by atoms with van der Waals surface area (Å²) in [7, 11) is -4.69. The molecule has 0 aromatic heterocycles. The molecule has 0 radical (unpaired) electrons. The van der Waals surface area contributed by atoms with E-state index in [2.05, 4.69) is 4.90 Å². The maximum absolute atomic E-state index is 14.9. The van der Waals surface area contributed by atoms with Gasteiger partial charge in [-0.15, -0.1) is 0 Å². The molecule has 6 rings (SSSR count). The molecule has 3 heterocycles. The Balaban J connectivity index is 1.48. The third-order valence-electron chi connectivity index (χ3n) is 9.23. The smallest absolute Gasteiger partial charge is 0.326 e. The summed E-state index contributed by atoms with van der Waals surface area (Å²) in [5, 5.41) is 1.14. The molecule has 3 aliphatic rings. The van der Waals surface area contributed by atoms with Gasteiger partial charge in [0, 0.05) is 78.7 Å². The fourth-order valence-electron chi connectivity index (χ4n) is 6.63. The first kappa shape index (κ1) is 35.8. The van der Waals surface area contributed by atoms with Crippen molar-refractivity contribution in [1.29, 1.82) is 0 Å². The first-order valence-corrected chi connectivity index (χ1v) is 20.5. The van der Waals surface area contributed by atoms with Crippen molar-refractivity contribution in [2.24, 2.45) is 4.99 Å². The molecule has 49 heavy (non-hydrogen) atoms. The Labute approximate surface area is 301 Å². The second-order valence-corrected chi connectivity index (χ2v) is 16.8. The molecule has 14 heteroatoms. The zero-order valence-corrected chi connectivity index (χ0v) is 30.8. The van der Waals surface area contributed by atoms with Gasteiger partial charge in [-0.3, -0.25) is 19.0 Å². The van der Waals surface area contributed by atoms with Gasteiger partial charge in [-0.2, -0.15) is 4.31 Å². The van der Waals surface area contributed by atoms with Crippen LogP contribution in [0.1, 0.15) is 48.5 Å². The molecule has 2 fully saturated rings. The Morgan fingerprint density at radius 1 is 0.898 bits per heavy atom. The molecule has 2 amide bonds. The van der Waals surface area contributed by atoms with Gasteiger partial charge in [0.1, 0.15) is 17.6 Å². The number of halogens is 2. The van der Waals surface area contributed by atoms with Gasteiger partial charge in [0.15, 0.2) is 0 Å². The molecule has 262 valence electrons. The molecule has 0 bridgehead atoms. The Bertz CT molecular complexity index is 1810. The molecular weight excluding hydrogens is 705 g/mol. The van der Waals surface area contributed by atoms with E-state index in [1.807, 2.05) is 36.1 Å². The third kappa shape index (κ3) is 7.84. The highest BCUT2D eigenvalue weighted by molar-refractivity contribution is 7.89. The van der Waals surface area contributed by atoms with Crippen LogP contribution >= 0.6 is 23.2 Å². The van der Waals surface area contributed by atoms with Crippen LogP contribution in [0.25, 0.3) is 0 Å². The number of sulfonamides is 1. The van der Waals surface area contributed by atoms with Gasteiger partial charge in [0.2, 0.25) is 10.0 Å². The average Bonchev–Trinajstić information content (AvgIpc) is 3.78. The van der Waals surface area contributed by atoms with E-state index in [1.165, 1.54) is 4.31 Å². The van der Waals surface area contributed by atoms with E-state index in [1.54, 1.807) is 53.6 Å². The predicted molar refractivity (Wildman–Crippen MR) is 195 cm³/mol. The molecule has 10 nitrogen and oxygen atoms in total. The summed E-state index contributed by atoms with van der Waals surface area (Å²) in [6.07, 6.45) is 3.32. The number of amides is 2. The van der Waals surface area contributed by atoms with Crippen molar-refractivity contribution in [2.75, 3.05) is 64.4 Å². The van der Waals surface area contributed by atoms with E-state index >= 15 is 0 Å². The fourth-order valence-corrected chi connectivity index (χ4v) is 8.94.